The summed E-state index contributed by atoms with van der Waals surface area (Å²) >= 11 is 10.8. The van der Waals surface area contributed by atoms with Gasteiger partial charge in [0, 0.05) is 16.8 Å². The van der Waals surface area contributed by atoms with Gasteiger partial charge in [0.25, 0.3) is 0 Å². The molecule has 98 valence electrons. The molecule has 0 amide bonds. The van der Waals surface area contributed by atoms with Gasteiger partial charge in [-0.25, -0.2) is 8.78 Å². The first-order valence-corrected chi connectivity index (χ1v) is 6.12. The van der Waals surface area contributed by atoms with Crippen LogP contribution in [0.4, 0.5) is 20.2 Å². The first-order valence-electron chi connectivity index (χ1n) is 5.33. The van der Waals surface area contributed by atoms with Gasteiger partial charge in [0.05, 0.1) is 5.69 Å². The van der Waals surface area contributed by atoms with Crippen molar-refractivity contribution >= 4 is 40.3 Å². The second kappa shape index (κ2) is 5.95. The standard InChI is InChI=1S/C13H9ClF2N2S/c14-8-1-4-10(5-2-8)17-13(19)18-12-6-3-9(15)7-11(12)16/h1-7H,(H2,17,18,19). The Kier molecular flexibility index (Phi) is 4.29. The summed E-state index contributed by atoms with van der Waals surface area (Å²) < 4.78 is 26.1. The fourth-order valence-electron chi connectivity index (χ4n) is 1.41. The molecule has 2 rings (SSSR count). The summed E-state index contributed by atoms with van der Waals surface area (Å²) in [5.74, 6) is -1.35. The van der Waals surface area contributed by atoms with Crippen LogP contribution < -0.4 is 10.6 Å². The molecule has 6 heteroatoms. The smallest absolute Gasteiger partial charge is 0.175 e. The van der Waals surface area contributed by atoms with E-state index in [1.807, 2.05) is 0 Å². The largest absolute Gasteiger partial charge is 0.332 e. The number of benzene rings is 2. The van der Waals surface area contributed by atoms with Crippen molar-refractivity contribution in [2.45, 2.75) is 0 Å². The number of hydrogen-bond donors (Lipinski definition) is 2. The molecule has 0 aliphatic rings. The molecule has 0 radical (unpaired) electrons. The maximum atomic E-state index is 13.4. The van der Waals surface area contributed by atoms with E-state index in [1.54, 1.807) is 24.3 Å². The number of anilines is 2. The Morgan fingerprint density at radius 1 is 1.00 bits per heavy atom. The highest BCUT2D eigenvalue weighted by molar-refractivity contribution is 7.80. The van der Waals surface area contributed by atoms with Gasteiger partial charge in [-0.05, 0) is 48.6 Å². The number of nitrogens with one attached hydrogen (secondary N) is 2. The predicted molar refractivity (Wildman–Crippen MR) is 77.7 cm³/mol. The SMILES string of the molecule is Fc1ccc(NC(=S)Nc2ccc(Cl)cc2)c(F)c1. The quantitative estimate of drug-likeness (QED) is 0.802. The molecule has 2 nitrogen and oxygen atoms in total. The summed E-state index contributed by atoms with van der Waals surface area (Å²) in [5, 5.41) is 6.31. The average Bonchev–Trinajstić information content (AvgIpc) is 2.36. The molecule has 0 atom stereocenters. The van der Waals surface area contributed by atoms with Gasteiger partial charge in [-0.3, -0.25) is 0 Å². The summed E-state index contributed by atoms with van der Waals surface area (Å²) in [6.07, 6.45) is 0. The number of hydrogen-bond acceptors (Lipinski definition) is 1. The third-order valence-corrected chi connectivity index (χ3v) is 2.74. The van der Waals surface area contributed by atoms with Crippen molar-refractivity contribution in [2.24, 2.45) is 0 Å². The molecule has 0 fully saturated rings. The second-order valence-electron chi connectivity index (χ2n) is 3.71. The van der Waals surface area contributed by atoms with Gasteiger partial charge < -0.3 is 10.6 Å². The van der Waals surface area contributed by atoms with E-state index in [2.05, 4.69) is 10.6 Å². The van der Waals surface area contributed by atoms with Gasteiger partial charge in [0.1, 0.15) is 11.6 Å². The Labute approximate surface area is 119 Å². The average molecular weight is 299 g/mol. The molecule has 0 saturated heterocycles. The minimum Gasteiger partial charge on any atom is -0.332 e. The van der Waals surface area contributed by atoms with E-state index in [9.17, 15) is 8.78 Å². The van der Waals surface area contributed by atoms with E-state index in [-0.39, 0.29) is 10.8 Å². The van der Waals surface area contributed by atoms with Gasteiger partial charge in [0.15, 0.2) is 5.11 Å². The molecule has 2 aromatic carbocycles. The van der Waals surface area contributed by atoms with Gasteiger partial charge in [-0.15, -0.1) is 0 Å². The summed E-state index contributed by atoms with van der Waals surface area (Å²) in [7, 11) is 0. The van der Waals surface area contributed by atoms with Crippen LogP contribution in [0.3, 0.4) is 0 Å². The zero-order valence-electron chi connectivity index (χ0n) is 9.58. The predicted octanol–water partition coefficient (Wildman–Crippen LogP) is 4.43. The van der Waals surface area contributed by atoms with E-state index in [0.717, 1.165) is 12.1 Å². The minimum absolute atomic E-state index is 0.105. The van der Waals surface area contributed by atoms with Gasteiger partial charge in [-0.2, -0.15) is 0 Å². The molecule has 2 aromatic rings. The van der Waals surface area contributed by atoms with Crippen LogP contribution in [0.15, 0.2) is 42.5 Å². The molecule has 0 spiro atoms. The van der Waals surface area contributed by atoms with Crippen LogP contribution in [0.5, 0.6) is 0 Å². The summed E-state index contributed by atoms with van der Waals surface area (Å²) in [6, 6.07) is 10.1. The first-order chi connectivity index (χ1) is 9.04. The van der Waals surface area contributed by atoms with Crippen molar-refractivity contribution in [1.29, 1.82) is 0 Å². The highest BCUT2D eigenvalue weighted by atomic mass is 35.5. The van der Waals surface area contributed by atoms with Crippen molar-refractivity contribution in [3.05, 3.63) is 59.1 Å². The molecule has 0 unspecified atom stereocenters. The molecule has 19 heavy (non-hydrogen) atoms. The summed E-state index contributed by atoms with van der Waals surface area (Å²) in [6.45, 7) is 0. The van der Waals surface area contributed by atoms with Crippen LogP contribution in [0, 0.1) is 11.6 Å². The Morgan fingerprint density at radius 3 is 2.32 bits per heavy atom. The van der Waals surface area contributed by atoms with E-state index in [4.69, 9.17) is 23.8 Å². The Morgan fingerprint density at radius 2 is 1.68 bits per heavy atom. The van der Waals surface area contributed by atoms with E-state index < -0.39 is 11.6 Å². The molecular weight excluding hydrogens is 290 g/mol. The normalized spacial score (nSPS) is 10.1. The number of thiocarbonyl (C=S) groups is 1. The fraction of sp³-hybridized carbons (Fsp3) is 0. The highest BCUT2D eigenvalue weighted by Crippen LogP contribution is 2.17. The zero-order valence-corrected chi connectivity index (χ0v) is 11.2. The molecule has 0 aliphatic heterocycles. The molecule has 0 aromatic heterocycles. The molecule has 2 N–H and O–H groups in total. The van der Waals surface area contributed by atoms with Crippen LogP contribution in [-0.4, -0.2) is 5.11 Å². The lowest BCUT2D eigenvalue weighted by molar-refractivity contribution is 0.586. The monoisotopic (exact) mass is 298 g/mol. The fourth-order valence-corrected chi connectivity index (χ4v) is 1.76. The van der Waals surface area contributed by atoms with Crippen LogP contribution >= 0.6 is 23.8 Å². The summed E-state index contributed by atoms with van der Waals surface area (Å²) in [4.78, 5) is 0. The molecule has 0 aliphatic carbocycles. The van der Waals surface area contributed by atoms with E-state index in [1.165, 1.54) is 6.07 Å². The van der Waals surface area contributed by atoms with Crippen LogP contribution in [0.25, 0.3) is 0 Å². The number of halogens is 3. The first kappa shape index (κ1) is 13.7. The lowest BCUT2D eigenvalue weighted by Gasteiger charge is -2.11. The lowest BCUT2D eigenvalue weighted by Crippen LogP contribution is -2.19. The molecule has 0 saturated carbocycles. The third-order valence-electron chi connectivity index (χ3n) is 2.28. The third kappa shape index (κ3) is 3.87. The maximum absolute atomic E-state index is 13.4. The van der Waals surface area contributed by atoms with E-state index in [0.29, 0.717) is 10.7 Å². The Hall–Kier alpha value is -1.72. The topological polar surface area (TPSA) is 24.1 Å². The highest BCUT2D eigenvalue weighted by Gasteiger charge is 2.05. The van der Waals surface area contributed by atoms with Crippen molar-refractivity contribution in [3.63, 3.8) is 0 Å². The molecule has 0 bridgehead atoms. The number of rotatable bonds is 2. The van der Waals surface area contributed by atoms with Crippen LogP contribution in [0.1, 0.15) is 0 Å². The second-order valence-corrected chi connectivity index (χ2v) is 4.55. The van der Waals surface area contributed by atoms with Gasteiger partial charge >= 0.3 is 0 Å². The van der Waals surface area contributed by atoms with Crippen molar-refractivity contribution in [2.75, 3.05) is 10.6 Å². The molecular formula is C13H9ClF2N2S. The van der Waals surface area contributed by atoms with Crippen molar-refractivity contribution in [3.8, 4) is 0 Å². The van der Waals surface area contributed by atoms with Gasteiger partial charge in [-0.1, -0.05) is 11.6 Å². The van der Waals surface area contributed by atoms with Crippen molar-refractivity contribution in [1.82, 2.24) is 0 Å². The van der Waals surface area contributed by atoms with Crippen LogP contribution in [0.2, 0.25) is 5.02 Å². The zero-order chi connectivity index (χ0) is 13.8. The minimum atomic E-state index is -0.708. The lowest BCUT2D eigenvalue weighted by atomic mass is 10.3. The maximum Gasteiger partial charge on any atom is 0.175 e. The van der Waals surface area contributed by atoms with Crippen LogP contribution in [-0.2, 0) is 0 Å². The Bertz CT molecular complexity index is 602. The summed E-state index contributed by atoms with van der Waals surface area (Å²) in [5.41, 5.74) is 0.817. The Balaban J connectivity index is 2.03. The molecule has 0 heterocycles. The van der Waals surface area contributed by atoms with Crippen molar-refractivity contribution < 1.29 is 8.78 Å². The van der Waals surface area contributed by atoms with Gasteiger partial charge in [0.2, 0.25) is 0 Å². The van der Waals surface area contributed by atoms with E-state index >= 15 is 0 Å².